The Morgan fingerprint density at radius 2 is 1.96 bits per heavy atom. The molecule has 2 N–H and O–H groups in total. The van der Waals surface area contributed by atoms with Gasteiger partial charge in [0.1, 0.15) is 5.75 Å². The summed E-state index contributed by atoms with van der Waals surface area (Å²) in [7, 11) is -2.06. The molecule has 1 aromatic carbocycles. The van der Waals surface area contributed by atoms with E-state index < -0.39 is 10.0 Å². The molecule has 24 heavy (non-hydrogen) atoms. The number of hydrogen-bond donors (Lipinski definition) is 1. The highest BCUT2D eigenvalue weighted by Gasteiger charge is 2.40. The second kappa shape index (κ2) is 7.84. The van der Waals surface area contributed by atoms with Crippen molar-refractivity contribution in [2.24, 2.45) is 11.7 Å². The molecule has 0 unspecified atom stereocenters. The third kappa shape index (κ3) is 3.45. The molecule has 1 aromatic heterocycles. The highest BCUT2D eigenvalue weighted by atomic mass is 35.5. The number of sulfonamides is 1. The fourth-order valence-electron chi connectivity index (χ4n) is 3.08. The van der Waals surface area contributed by atoms with Crippen LogP contribution < -0.4 is 10.5 Å². The van der Waals surface area contributed by atoms with E-state index in [-0.39, 0.29) is 28.5 Å². The molecule has 1 saturated heterocycles. The molecule has 3 rings (SSSR count). The summed E-state index contributed by atoms with van der Waals surface area (Å²) in [5.74, 6) is 0.655. The number of hydrogen-bond acceptors (Lipinski definition) is 5. The zero-order valence-electron chi connectivity index (χ0n) is 13.3. The molecule has 2 aromatic rings. The highest BCUT2D eigenvalue weighted by molar-refractivity contribution is 7.91. The van der Waals surface area contributed by atoms with Crippen LogP contribution in [0.15, 0.2) is 46.0 Å². The van der Waals surface area contributed by atoms with Gasteiger partial charge in [0, 0.05) is 19.0 Å². The van der Waals surface area contributed by atoms with Crippen LogP contribution in [0.3, 0.4) is 0 Å². The quantitative estimate of drug-likeness (QED) is 0.854. The second-order valence-corrected chi connectivity index (χ2v) is 8.66. The molecule has 0 amide bonds. The molecule has 0 saturated carbocycles. The van der Waals surface area contributed by atoms with Gasteiger partial charge in [0.25, 0.3) is 10.0 Å². The van der Waals surface area contributed by atoms with Crippen LogP contribution in [0.4, 0.5) is 0 Å². The third-order valence-electron chi connectivity index (χ3n) is 4.33. The molecule has 5 nitrogen and oxygen atoms in total. The first-order valence-electron chi connectivity index (χ1n) is 7.44. The Balaban J connectivity index is 0.00000208. The van der Waals surface area contributed by atoms with Crippen LogP contribution in [0.5, 0.6) is 5.75 Å². The molecule has 0 bridgehead atoms. The van der Waals surface area contributed by atoms with E-state index in [1.807, 2.05) is 30.3 Å². The molecule has 0 spiro atoms. The smallest absolute Gasteiger partial charge is 0.256 e. The Hall–Kier alpha value is -1.12. The SMILES string of the molecule is COc1ccsc1S(=O)(=O)N1C[C@@H](CN)[C@H](c2ccccc2)C1.Cl. The minimum Gasteiger partial charge on any atom is -0.494 e. The van der Waals surface area contributed by atoms with Crippen molar-refractivity contribution in [1.29, 1.82) is 0 Å². The standard InChI is InChI=1S/C16H20N2O3S2.ClH/c1-21-15-7-8-22-16(15)23(19,20)18-10-13(9-17)14(11-18)12-5-3-2-4-6-12;/h2-8,13-14H,9-11,17H2,1H3;1H/t13-,14+;/m1./s1. The summed E-state index contributed by atoms with van der Waals surface area (Å²) < 4.78 is 32.8. The van der Waals surface area contributed by atoms with Crippen molar-refractivity contribution in [3.63, 3.8) is 0 Å². The predicted molar refractivity (Wildman–Crippen MR) is 98.6 cm³/mol. The molecule has 2 heterocycles. The van der Waals surface area contributed by atoms with Crippen molar-refractivity contribution >= 4 is 33.8 Å². The largest absolute Gasteiger partial charge is 0.494 e. The van der Waals surface area contributed by atoms with Gasteiger partial charge in [-0.15, -0.1) is 23.7 Å². The van der Waals surface area contributed by atoms with Gasteiger partial charge in [0.15, 0.2) is 4.21 Å². The lowest BCUT2D eigenvalue weighted by molar-refractivity contribution is 0.402. The Bertz CT molecular complexity index is 765. The molecule has 1 aliphatic heterocycles. The van der Waals surface area contributed by atoms with Crippen molar-refractivity contribution in [3.8, 4) is 5.75 Å². The molecule has 0 radical (unpaired) electrons. The first-order chi connectivity index (χ1) is 11.1. The molecular formula is C16H21ClN2O3S2. The summed E-state index contributed by atoms with van der Waals surface area (Å²) >= 11 is 1.19. The van der Waals surface area contributed by atoms with Gasteiger partial charge in [-0.2, -0.15) is 4.31 Å². The lowest BCUT2D eigenvalue weighted by Gasteiger charge is -2.16. The number of rotatable bonds is 5. The zero-order valence-corrected chi connectivity index (χ0v) is 15.7. The molecule has 1 fully saturated rings. The topological polar surface area (TPSA) is 72.6 Å². The average molecular weight is 389 g/mol. The number of benzene rings is 1. The average Bonchev–Trinajstić information content (AvgIpc) is 3.22. The maximum atomic E-state index is 12.9. The van der Waals surface area contributed by atoms with Gasteiger partial charge in [-0.05, 0) is 29.5 Å². The Morgan fingerprint density at radius 1 is 1.25 bits per heavy atom. The normalized spacial score (nSPS) is 21.4. The maximum absolute atomic E-state index is 12.9. The molecule has 1 aliphatic rings. The van der Waals surface area contributed by atoms with Crippen molar-refractivity contribution in [2.75, 3.05) is 26.7 Å². The fraction of sp³-hybridized carbons (Fsp3) is 0.375. The molecule has 132 valence electrons. The number of halogens is 1. The van der Waals surface area contributed by atoms with Crippen LogP contribution in [0.1, 0.15) is 11.5 Å². The summed E-state index contributed by atoms with van der Waals surface area (Å²) in [6.07, 6.45) is 0. The van der Waals surface area contributed by atoms with Crippen LogP contribution in [0.25, 0.3) is 0 Å². The number of nitrogens with zero attached hydrogens (tertiary/aromatic N) is 1. The van der Waals surface area contributed by atoms with E-state index in [4.69, 9.17) is 10.5 Å². The number of ether oxygens (including phenoxy) is 1. The maximum Gasteiger partial charge on any atom is 0.256 e. The van der Waals surface area contributed by atoms with Crippen LogP contribution in [-0.4, -0.2) is 39.5 Å². The lowest BCUT2D eigenvalue weighted by atomic mass is 9.89. The third-order valence-corrected chi connectivity index (χ3v) is 7.58. The van der Waals surface area contributed by atoms with Crippen molar-refractivity contribution in [3.05, 3.63) is 47.3 Å². The van der Waals surface area contributed by atoms with E-state index in [0.717, 1.165) is 5.56 Å². The summed E-state index contributed by atoms with van der Waals surface area (Å²) in [5.41, 5.74) is 7.04. The lowest BCUT2D eigenvalue weighted by Crippen LogP contribution is -2.29. The summed E-state index contributed by atoms with van der Waals surface area (Å²) in [4.78, 5) is 0. The van der Waals surface area contributed by atoms with E-state index in [9.17, 15) is 8.42 Å². The van der Waals surface area contributed by atoms with E-state index >= 15 is 0 Å². The monoisotopic (exact) mass is 388 g/mol. The fourth-order valence-corrected chi connectivity index (χ4v) is 6.02. The minimum atomic E-state index is -3.55. The summed E-state index contributed by atoms with van der Waals surface area (Å²) in [6.45, 7) is 1.36. The number of methoxy groups -OCH3 is 1. The molecule has 8 heteroatoms. The number of nitrogens with two attached hydrogens (primary N) is 1. The van der Waals surface area contributed by atoms with Crippen LogP contribution in [0.2, 0.25) is 0 Å². The van der Waals surface area contributed by atoms with Gasteiger partial charge in [0.05, 0.1) is 7.11 Å². The van der Waals surface area contributed by atoms with E-state index in [1.54, 1.807) is 11.4 Å². The summed E-state index contributed by atoms with van der Waals surface area (Å²) in [5, 5.41) is 1.73. The highest BCUT2D eigenvalue weighted by Crippen LogP contribution is 2.38. The van der Waals surface area contributed by atoms with Gasteiger partial charge < -0.3 is 10.5 Å². The van der Waals surface area contributed by atoms with Gasteiger partial charge in [-0.3, -0.25) is 0 Å². The molecule has 2 atom stereocenters. The van der Waals surface area contributed by atoms with Crippen molar-refractivity contribution in [1.82, 2.24) is 4.31 Å². The van der Waals surface area contributed by atoms with Gasteiger partial charge in [-0.1, -0.05) is 30.3 Å². The Labute approximate surface area is 152 Å². The first-order valence-corrected chi connectivity index (χ1v) is 9.76. The van der Waals surface area contributed by atoms with Gasteiger partial charge >= 0.3 is 0 Å². The minimum absolute atomic E-state index is 0. The van der Waals surface area contributed by atoms with Crippen LogP contribution in [0, 0.1) is 5.92 Å². The van der Waals surface area contributed by atoms with Gasteiger partial charge in [-0.25, -0.2) is 8.42 Å². The van der Waals surface area contributed by atoms with Crippen molar-refractivity contribution < 1.29 is 13.2 Å². The predicted octanol–water partition coefficient (Wildman–Crippen LogP) is 2.54. The Morgan fingerprint density at radius 3 is 2.58 bits per heavy atom. The first kappa shape index (κ1) is 19.2. The zero-order chi connectivity index (χ0) is 16.4. The van der Waals surface area contributed by atoms with E-state index in [1.165, 1.54) is 22.8 Å². The number of thiophene rings is 1. The van der Waals surface area contributed by atoms with Gasteiger partial charge in [0.2, 0.25) is 0 Å². The van der Waals surface area contributed by atoms with Crippen LogP contribution >= 0.6 is 23.7 Å². The Kier molecular flexibility index (Phi) is 6.28. The van der Waals surface area contributed by atoms with E-state index in [0.29, 0.717) is 25.4 Å². The summed E-state index contributed by atoms with van der Waals surface area (Å²) in [6, 6.07) is 11.7. The van der Waals surface area contributed by atoms with Crippen molar-refractivity contribution in [2.45, 2.75) is 10.1 Å². The van der Waals surface area contributed by atoms with E-state index in [2.05, 4.69) is 0 Å². The molecule has 0 aliphatic carbocycles. The second-order valence-electron chi connectivity index (χ2n) is 5.61. The molecular weight excluding hydrogens is 368 g/mol. The van der Waals surface area contributed by atoms with Crippen LogP contribution in [-0.2, 0) is 10.0 Å².